The summed E-state index contributed by atoms with van der Waals surface area (Å²) in [7, 11) is 2.58. The van der Waals surface area contributed by atoms with Gasteiger partial charge in [0.25, 0.3) is 10.0 Å². The van der Waals surface area contributed by atoms with Crippen LogP contribution in [0.1, 0.15) is 12.6 Å². The van der Waals surface area contributed by atoms with E-state index in [2.05, 4.69) is 10.3 Å². The Morgan fingerprint density at radius 1 is 1.09 bits per heavy atom. The molecule has 1 aromatic heterocycles. The molecule has 0 amide bonds. The van der Waals surface area contributed by atoms with Gasteiger partial charge in [-0.2, -0.15) is 0 Å². The molecule has 0 unspecified atom stereocenters. The highest BCUT2D eigenvalue weighted by atomic mass is 35.5. The summed E-state index contributed by atoms with van der Waals surface area (Å²) in [6.07, 6.45) is 0. The third-order valence-electron chi connectivity index (χ3n) is 4.83. The minimum Gasteiger partial charge on any atom is -0.493 e. The summed E-state index contributed by atoms with van der Waals surface area (Å²) in [4.78, 5) is 6.48. The van der Waals surface area contributed by atoms with Crippen LogP contribution in [0, 0.1) is 0 Å². The third kappa shape index (κ3) is 5.35. The number of methoxy groups -OCH3 is 2. The minimum absolute atomic E-state index is 0.0231. The summed E-state index contributed by atoms with van der Waals surface area (Å²) in [5.41, 5.74) is 1.84. The van der Waals surface area contributed by atoms with Crippen molar-refractivity contribution in [3.05, 3.63) is 52.5 Å². The van der Waals surface area contributed by atoms with E-state index in [1.54, 1.807) is 18.2 Å². The lowest BCUT2D eigenvalue weighted by atomic mass is 10.2. The van der Waals surface area contributed by atoms with Crippen molar-refractivity contribution < 1.29 is 17.9 Å². The lowest BCUT2D eigenvalue weighted by Gasteiger charge is -2.25. The summed E-state index contributed by atoms with van der Waals surface area (Å²) in [6.45, 7) is 3.30. The van der Waals surface area contributed by atoms with Crippen molar-refractivity contribution in [1.82, 2.24) is 10.3 Å². The Hall–Kier alpha value is -2.53. The van der Waals surface area contributed by atoms with Crippen molar-refractivity contribution in [3.63, 3.8) is 0 Å². The maximum Gasteiger partial charge on any atom is 0.270 e. The molecule has 11 heteroatoms. The zero-order chi connectivity index (χ0) is 24.2. The number of benzene rings is 2. The summed E-state index contributed by atoms with van der Waals surface area (Å²) >= 11 is 7.76. The monoisotopic (exact) mass is 510 g/mol. The van der Waals surface area contributed by atoms with Gasteiger partial charge in [-0.05, 0) is 36.9 Å². The third-order valence-corrected chi connectivity index (χ3v) is 7.84. The van der Waals surface area contributed by atoms with Crippen LogP contribution in [-0.2, 0) is 16.6 Å². The predicted molar refractivity (Wildman–Crippen MR) is 134 cm³/mol. The average Bonchev–Trinajstić information content (AvgIpc) is 3.26. The molecule has 0 radical (unpaired) electrons. The molecule has 3 rings (SSSR count). The molecule has 8 nitrogen and oxygen atoms in total. The molecule has 1 N–H and O–H groups in total. The van der Waals surface area contributed by atoms with Crippen LogP contribution in [0.4, 0.5) is 16.5 Å². The van der Waals surface area contributed by atoms with Crippen molar-refractivity contribution >= 4 is 49.5 Å². The molecule has 3 aromatic rings. The van der Waals surface area contributed by atoms with Crippen molar-refractivity contribution in [3.8, 4) is 11.5 Å². The van der Waals surface area contributed by atoms with Gasteiger partial charge in [-0.15, -0.1) is 11.3 Å². The van der Waals surface area contributed by atoms with Gasteiger partial charge in [0.1, 0.15) is 0 Å². The molecule has 33 heavy (non-hydrogen) atoms. The molecule has 0 atom stereocenters. The van der Waals surface area contributed by atoms with E-state index in [1.807, 2.05) is 37.4 Å². The molecular weight excluding hydrogens is 484 g/mol. The Kier molecular flexibility index (Phi) is 8.06. The molecule has 2 aromatic carbocycles. The first-order chi connectivity index (χ1) is 15.7. The Balaban J connectivity index is 2.21. The molecule has 0 saturated heterocycles. The van der Waals surface area contributed by atoms with Crippen LogP contribution in [0.3, 0.4) is 0 Å². The largest absolute Gasteiger partial charge is 0.493 e. The highest BCUT2D eigenvalue weighted by molar-refractivity contribution is 7.93. The molecule has 0 aliphatic heterocycles. The van der Waals surface area contributed by atoms with Crippen LogP contribution in [0.2, 0.25) is 5.02 Å². The lowest BCUT2D eigenvalue weighted by Crippen LogP contribution is -2.27. The summed E-state index contributed by atoms with van der Waals surface area (Å²) in [5, 5.41) is 5.61. The maximum atomic E-state index is 14.0. The maximum absolute atomic E-state index is 14.0. The van der Waals surface area contributed by atoms with Gasteiger partial charge >= 0.3 is 0 Å². The molecule has 0 saturated carbocycles. The molecule has 1 heterocycles. The second-order valence-corrected chi connectivity index (χ2v) is 10.2. The number of thiazole rings is 1. The molecule has 0 aliphatic carbocycles. The number of sulfonamides is 1. The first-order valence-corrected chi connectivity index (χ1v) is 12.8. The van der Waals surface area contributed by atoms with Crippen molar-refractivity contribution in [1.29, 1.82) is 0 Å². The second-order valence-electron chi connectivity index (χ2n) is 7.22. The molecule has 0 spiro atoms. The fourth-order valence-corrected chi connectivity index (χ4v) is 5.86. The predicted octanol–water partition coefficient (Wildman–Crippen LogP) is 4.52. The topological polar surface area (TPSA) is 84.0 Å². The number of hydrogen-bond acceptors (Lipinski definition) is 8. The Morgan fingerprint density at radius 3 is 2.45 bits per heavy atom. The molecule has 0 fully saturated rings. The molecular formula is C22H27ClN4O4S2. The number of nitrogens with one attached hydrogen (secondary N) is 1. The average molecular weight is 511 g/mol. The fraction of sp³-hybridized carbons (Fsp3) is 0.318. The van der Waals surface area contributed by atoms with E-state index in [-0.39, 0.29) is 15.0 Å². The van der Waals surface area contributed by atoms with E-state index in [0.717, 1.165) is 17.9 Å². The number of halogens is 1. The van der Waals surface area contributed by atoms with Gasteiger partial charge in [-0.1, -0.05) is 18.5 Å². The van der Waals surface area contributed by atoms with E-state index in [1.165, 1.54) is 42.0 Å². The van der Waals surface area contributed by atoms with E-state index < -0.39 is 10.0 Å². The van der Waals surface area contributed by atoms with Gasteiger partial charge in [-0.3, -0.25) is 0 Å². The highest BCUT2D eigenvalue weighted by Crippen LogP contribution is 2.41. The molecule has 0 bridgehead atoms. The van der Waals surface area contributed by atoms with Gasteiger partial charge in [0.15, 0.2) is 11.5 Å². The van der Waals surface area contributed by atoms with Gasteiger partial charge in [0, 0.05) is 37.8 Å². The Bertz CT molecular complexity index is 1210. The standard InChI is InChI=1S/C22H27ClN4O4S2/c1-6-24-13-15-14-32-22(25-15)27(19-11-16(26(2)3)7-9-18(19)23)33(28,29)17-8-10-20(30-4)21(12-17)31-5/h7-12,14,24H,6,13H2,1-5H3. The van der Waals surface area contributed by atoms with Crippen LogP contribution in [0.5, 0.6) is 11.5 Å². The number of rotatable bonds is 10. The highest BCUT2D eigenvalue weighted by Gasteiger charge is 2.32. The van der Waals surface area contributed by atoms with Crippen LogP contribution in [-0.4, -0.2) is 48.3 Å². The van der Waals surface area contributed by atoms with E-state index >= 15 is 0 Å². The van der Waals surface area contributed by atoms with Crippen LogP contribution < -0.4 is 24.0 Å². The van der Waals surface area contributed by atoms with E-state index in [9.17, 15) is 8.42 Å². The van der Waals surface area contributed by atoms with E-state index in [0.29, 0.717) is 23.7 Å². The van der Waals surface area contributed by atoms with Crippen LogP contribution in [0.15, 0.2) is 46.7 Å². The summed E-state index contributed by atoms with van der Waals surface area (Å²) < 4.78 is 39.7. The number of nitrogens with zero attached hydrogens (tertiary/aromatic N) is 3. The second kappa shape index (κ2) is 10.6. The summed E-state index contributed by atoms with van der Waals surface area (Å²) in [5.74, 6) is 0.733. The van der Waals surface area contributed by atoms with Gasteiger partial charge < -0.3 is 19.7 Å². The van der Waals surface area contributed by atoms with Gasteiger partial charge in [0.2, 0.25) is 5.13 Å². The Labute approximate surface area is 203 Å². The number of aromatic nitrogens is 1. The SMILES string of the molecule is CCNCc1csc(N(c2cc(N(C)C)ccc2Cl)S(=O)(=O)c2ccc(OC)c(OC)c2)n1. The van der Waals surface area contributed by atoms with Gasteiger partial charge in [-0.25, -0.2) is 17.7 Å². The van der Waals surface area contributed by atoms with Crippen LogP contribution in [0.25, 0.3) is 0 Å². The zero-order valence-corrected chi connectivity index (χ0v) is 21.5. The van der Waals surface area contributed by atoms with Crippen molar-refractivity contribution in [2.45, 2.75) is 18.4 Å². The number of hydrogen-bond donors (Lipinski definition) is 1. The number of anilines is 3. The number of ether oxygens (including phenoxy) is 2. The fourth-order valence-electron chi connectivity index (χ4n) is 3.08. The quantitative estimate of drug-likeness (QED) is 0.429. The van der Waals surface area contributed by atoms with Crippen molar-refractivity contribution in [2.24, 2.45) is 0 Å². The zero-order valence-electron chi connectivity index (χ0n) is 19.1. The lowest BCUT2D eigenvalue weighted by molar-refractivity contribution is 0.354. The first kappa shape index (κ1) is 25.1. The first-order valence-electron chi connectivity index (χ1n) is 10.1. The van der Waals surface area contributed by atoms with Crippen molar-refractivity contribution in [2.75, 3.05) is 44.1 Å². The smallest absolute Gasteiger partial charge is 0.270 e. The van der Waals surface area contributed by atoms with Crippen LogP contribution >= 0.6 is 22.9 Å². The summed E-state index contributed by atoms with van der Waals surface area (Å²) in [6, 6.07) is 9.69. The van der Waals surface area contributed by atoms with Gasteiger partial charge in [0.05, 0.1) is 35.5 Å². The Morgan fingerprint density at radius 2 is 1.82 bits per heavy atom. The minimum atomic E-state index is -4.11. The normalized spacial score (nSPS) is 11.3. The molecule has 0 aliphatic rings. The molecule has 178 valence electrons. The van der Waals surface area contributed by atoms with E-state index in [4.69, 9.17) is 21.1 Å².